The van der Waals surface area contributed by atoms with E-state index in [1.807, 2.05) is 0 Å². The molecule has 0 saturated carbocycles. The van der Waals surface area contributed by atoms with Gasteiger partial charge in [0.25, 0.3) is 0 Å². The number of carboxylic acid groups (broad SMARTS) is 1. The van der Waals surface area contributed by atoms with E-state index in [1.165, 1.54) is 13.2 Å². The fraction of sp³-hybridized carbons (Fsp3) is 0.143. The molecule has 0 amide bonds. The Morgan fingerprint density at radius 3 is 2.85 bits per heavy atom. The molecule has 5 nitrogen and oxygen atoms in total. The van der Waals surface area contributed by atoms with Crippen molar-refractivity contribution in [2.45, 2.75) is 0 Å². The van der Waals surface area contributed by atoms with Crippen LogP contribution >= 0.6 is 11.6 Å². The number of hydrogen-bond acceptors (Lipinski definition) is 4. The van der Waals surface area contributed by atoms with Crippen LogP contribution in [0.1, 0.15) is 10.4 Å². The van der Waals surface area contributed by atoms with Crippen molar-refractivity contribution in [3.63, 3.8) is 0 Å². The van der Waals surface area contributed by atoms with Crippen LogP contribution in [-0.4, -0.2) is 23.2 Å². The molecule has 1 heterocycles. The second-order valence-corrected chi connectivity index (χ2v) is 2.61. The number of methoxy groups -OCH3 is 1. The van der Waals surface area contributed by atoms with Gasteiger partial charge in [-0.1, -0.05) is 11.6 Å². The maximum Gasteiger partial charge on any atom is 0.338 e. The quantitative estimate of drug-likeness (QED) is 0.700. The van der Waals surface area contributed by atoms with Crippen molar-refractivity contribution in [3.05, 3.63) is 16.8 Å². The number of halogens is 1. The molecule has 0 spiro atoms. The number of nitrogen functional groups attached to an aromatic ring is 1. The van der Waals surface area contributed by atoms with Gasteiger partial charge in [0.15, 0.2) is 0 Å². The van der Waals surface area contributed by atoms with E-state index < -0.39 is 5.97 Å². The number of carboxylic acids is 1. The monoisotopic (exact) mass is 202 g/mol. The van der Waals surface area contributed by atoms with Crippen LogP contribution in [0.4, 0.5) is 5.69 Å². The van der Waals surface area contributed by atoms with Crippen LogP contribution in [-0.2, 0) is 0 Å². The number of hydrogen-bond donors (Lipinski definition) is 2. The Morgan fingerprint density at radius 2 is 2.38 bits per heavy atom. The summed E-state index contributed by atoms with van der Waals surface area (Å²) in [5, 5.41) is 8.72. The molecule has 1 aromatic rings. The molecule has 0 fully saturated rings. The van der Waals surface area contributed by atoms with Gasteiger partial charge in [0, 0.05) is 0 Å². The number of aromatic nitrogens is 1. The molecule has 6 heteroatoms. The summed E-state index contributed by atoms with van der Waals surface area (Å²) in [6.07, 6.45) is 0. The van der Waals surface area contributed by atoms with Gasteiger partial charge in [0.05, 0.1) is 12.7 Å². The summed E-state index contributed by atoms with van der Waals surface area (Å²) < 4.78 is 4.73. The Morgan fingerprint density at radius 1 is 1.77 bits per heavy atom. The highest BCUT2D eigenvalue weighted by molar-refractivity contribution is 6.30. The van der Waals surface area contributed by atoms with E-state index in [0.717, 1.165) is 0 Å². The zero-order chi connectivity index (χ0) is 10.0. The zero-order valence-corrected chi connectivity index (χ0v) is 7.50. The minimum atomic E-state index is -1.17. The Hall–Kier alpha value is -1.49. The summed E-state index contributed by atoms with van der Waals surface area (Å²) in [5.41, 5.74) is 5.29. The molecule has 3 N–H and O–H groups in total. The van der Waals surface area contributed by atoms with E-state index in [2.05, 4.69) is 4.98 Å². The molecule has 70 valence electrons. The lowest BCUT2D eigenvalue weighted by Crippen LogP contribution is -2.05. The lowest BCUT2D eigenvalue weighted by molar-refractivity contribution is 0.0697. The molecular formula is C7H7ClN2O3. The minimum absolute atomic E-state index is 0.0184. The lowest BCUT2D eigenvalue weighted by Gasteiger charge is -2.05. The summed E-state index contributed by atoms with van der Waals surface area (Å²) in [5.74, 6) is -1.15. The number of nitrogens with zero attached hydrogens (tertiary/aromatic N) is 1. The number of ether oxygens (including phenoxy) is 1. The first-order valence-electron chi connectivity index (χ1n) is 3.29. The predicted octanol–water partition coefficient (Wildman–Crippen LogP) is 1.02. The van der Waals surface area contributed by atoms with Gasteiger partial charge in [0.1, 0.15) is 10.8 Å². The van der Waals surface area contributed by atoms with Crippen molar-refractivity contribution in [2.75, 3.05) is 12.8 Å². The topological polar surface area (TPSA) is 85.4 Å². The normalized spacial score (nSPS) is 9.69. The summed E-state index contributed by atoms with van der Waals surface area (Å²) in [7, 11) is 1.33. The van der Waals surface area contributed by atoms with Gasteiger partial charge in [0.2, 0.25) is 5.88 Å². The third-order valence-corrected chi connectivity index (χ3v) is 1.61. The number of pyridine rings is 1. The smallest absolute Gasteiger partial charge is 0.338 e. The molecule has 0 radical (unpaired) electrons. The summed E-state index contributed by atoms with van der Waals surface area (Å²) in [6, 6.07) is 1.17. The molecule has 0 atom stereocenters. The summed E-state index contributed by atoms with van der Waals surface area (Å²) in [4.78, 5) is 14.3. The fourth-order valence-corrected chi connectivity index (χ4v) is 1.02. The molecular weight excluding hydrogens is 196 g/mol. The molecule has 1 rings (SSSR count). The third kappa shape index (κ3) is 1.81. The summed E-state index contributed by atoms with van der Waals surface area (Å²) in [6.45, 7) is 0. The molecule has 13 heavy (non-hydrogen) atoms. The van der Waals surface area contributed by atoms with E-state index in [1.54, 1.807) is 0 Å². The number of nitrogens with two attached hydrogens (primary N) is 1. The Balaban J connectivity index is 3.35. The molecule has 0 aliphatic rings. The molecule has 0 aliphatic carbocycles. The van der Waals surface area contributed by atoms with E-state index in [0.29, 0.717) is 0 Å². The van der Waals surface area contributed by atoms with Gasteiger partial charge in [-0.15, -0.1) is 0 Å². The molecule has 0 aromatic carbocycles. The SMILES string of the molecule is COc1nc(Cl)cc(C(=O)O)c1N. The van der Waals surface area contributed by atoms with E-state index in [4.69, 9.17) is 27.2 Å². The maximum absolute atomic E-state index is 10.6. The number of anilines is 1. The molecule has 0 saturated heterocycles. The van der Waals surface area contributed by atoms with Crippen molar-refractivity contribution in [3.8, 4) is 5.88 Å². The average Bonchev–Trinajstić information content (AvgIpc) is 2.08. The van der Waals surface area contributed by atoms with Gasteiger partial charge in [-0.05, 0) is 6.07 Å². The van der Waals surface area contributed by atoms with Crippen molar-refractivity contribution in [1.29, 1.82) is 0 Å². The summed E-state index contributed by atoms with van der Waals surface area (Å²) >= 11 is 5.53. The van der Waals surface area contributed by atoms with Crippen LogP contribution in [0.3, 0.4) is 0 Å². The minimum Gasteiger partial charge on any atom is -0.479 e. The van der Waals surface area contributed by atoms with Crippen molar-refractivity contribution >= 4 is 23.3 Å². The molecule has 1 aromatic heterocycles. The number of aromatic carboxylic acids is 1. The number of rotatable bonds is 2. The van der Waals surface area contributed by atoms with Gasteiger partial charge in [-0.2, -0.15) is 4.98 Å². The van der Waals surface area contributed by atoms with Gasteiger partial charge >= 0.3 is 5.97 Å². The van der Waals surface area contributed by atoms with Crippen LogP contribution < -0.4 is 10.5 Å². The van der Waals surface area contributed by atoms with Gasteiger partial charge < -0.3 is 15.6 Å². The van der Waals surface area contributed by atoms with E-state index >= 15 is 0 Å². The van der Waals surface area contributed by atoms with Crippen molar-refractivity contribution < 1.29 is 14.6 Å². The highest BCUT2D eigenvalue weighted by atomic mass is 35.5. The van der Waals surface area contributed by atoms with Crippen LogP contribution in [0, 0.1) is 0 Å². The lowest BCUT2D eigenvalue weighted by atomic mass is 10.2. The Bertz CT molecular complexity index is 354. The van der Waals surface area contributed by atoms with E-state index in [9.17, 15) is 4.79 Å². The second-order valence-electron chi connectivity index (χ2n) is 2.22. The first kappa shape index (κ1) is 9.60. The van der Waals surface area contributed by atoms with Crippen LogP contribution in [0.15, 0.2) is 6.07 Å². The first-order valence-corrected chi connectivity index (χ1v) is 3.67. The standard InChI is InChI=1S/C7H7ClN2O3/c1-13-6-5(9)3(7(11)12)2-4(8)10-6/h2H,9H2,1H3,(H,11,12). The molecule has 0 aliphatic heterocycles. The molecule has 0 unspecified atom stereocenters. The molecule has 0 bridgehead atoms. The van der Waals surface area contributed by atoms with Crippen LogP contribution in [0.5, 0.6) is 5.88 Å². The van der Waals surface area contributed by atoms with Gasteiger partial charge in [-0.25, -0.2) is 4.79 Å². The van der Waals surface area contributed by atoms with Crippen LogP contribution in [0.2, 0.25) is 5.15 Å². The second kappa shape index (κ2) is 3.49. The van der Waals surface area contributed by atoms with Crippen molar-refractivity contribution in [1.82, 2.24) is 4.98 Å². The first-order chi connectivity index (χ1) is 6.06. The highest BCUT2D eigenvalue weighted by Crippen LogP contribution is 2.25. The van der Waals surface area contributed by atoms with Gasteiger partial charge in [-0.3, -0.25) is 0 Å². The largest absolute Gasteiger partial charge is 0.479 e. The number of carbonyl (C=O) groups is 1. The maximum atomic E-state index is 10.6. The van der Waals surface area contributed by atoms with E-state index in [-0.39, 0.29) is 22.3 Å². The Kier molecular flexibility index (Phi) is 2.57. The predicted molar refractivity (Wildman–Crippen MR) is 47.2 cm³/mol. The fourth-order valence-electron chi connectivity index (χ4n) is 0.834. The zero-order valence-electron chi connectivity index (χ0n) is 6.74. The average molecular weight is 203 g/mol. The Labute approximate surface area is 79.1 Å². The third-order valence-electron chi connectivity index (χ3n) is 1.42. The van der Waals surface area contributed by atoms with Crippen LogP contribution in [0.25, 0.3) is 0 Å². The van der Waals surface area contributed by atoms with Crippen molar-refractivity contribution in [2.24, 2.45) is 0 Å². The highest BCUT2D eigenvalue weighted by Gasteiger charge is 2.14.